The van der Waals surface area contributed by atoms with Crippen molar-refractivity contribution in [3.05, 3.63) is 18.2 Å². The van der Waals surface area contributed by atoms with Gasteiger partial charge < -0.3 is 19.5 Å². The van der Waals surface area contributed by atoms with Gasteiger partial charge in [-0.05, 0) is 31.9 Å². The van der Waals surface area contributed by atoms with Crippen LogP contribution in [0.4, 0.5) is 5.69 Å². The molecule has 0 radical (unpaired) electrons. The summed E-state index contributed by atoms with van der Waals surface area (Å²) in [5.74, 6) is 1.43. The first-order valence-corrected chi connectivity index (χ1v) is 7.32. The van der Waals surface area contributed by atoms with Crippen LogP contribution in [0.2, 0.25) is 0 Å². The zero-order valence-electron chi connectivity index (χ0n) is 13.1. The fraction of sp³-hybridized carbons (Fsp3) is 0.562. The quantitative estimate of drug-likeness (QED) is 0.530. The van der Waals surface area contributed by atoms with E-state index in [0.717, 1.165) is 43.0 Å². The van der Waals surface area contributed by atoms with Crippen LogP contribution < -0.4 is 14.8 Å². The van der Waals surface area contributed by atoms with Crippen LogP contribution in [0, 0.1) is 0 Å². The van der Waals surface area contributed by atoms with Gasteiger partial charge in [0.15, 0.2) is 0 Å². The number of benzene rings is 1. The minimum absolute atomic E-state index is 0.109. The van der Waals surface area contributed by atoms with Crippen LogP contribution in [-0.4, -0.2) is 33.3 Å². The van der Waals surface area contributed by atoms with Crippen molar-refractivity contribution in [1.29, 1.82) is 0 Å². The maximum absolute atomic E-state index is 11.2. The van der Waals surface area contributed by atoms with Gasteiger partial charge in [0.1, 0.15) is 11.5 Å². The average molecular weight is 295 g/mol. The summed E-state index contributed by atoms with van der Waals surface area (Å²) in [4.78, 5) is 11.2. The van der Waals surface area contributed by atoms with E-state index in [0.29, 0.717) is 13.0 Å². The molecule has 0 amide bonds. The summed E-state index contributed by atoms with van der Waals surface area (Å²) in [6.45, 7) is 3.12. The fourth-order valence-electron chi connectivity index (χ4n) is 1.97. The Labute approximate surface area is 126 Å². The Morgan fingerprint density at radius 3 is 2.62 bits per heavy atom. The van der Waals surface area contributed by atoms with Crippen LogP contribution in [0.25, 0.3) is 0 Å². The first-order chi connectivity index (χ1) is 10.2. The Morgan fingerprint density at radius 2 is 1.95 bits per heavy atom. The number of ether oxygens (including phenoxy) is 3. The van der Waals surface area contributed by atoms with E-state index in [1.165, 1.54) is 0 Å². The van der Waals surface area contributed by atoms with E-state index >= 15 is 0 Å². The summed E-state index contributed by atoms with van der Waals surface area (Å²) < 4.78 is 15.4. The lowest BCUT2D eigenvalue weighted by Gasteiger charge is -2.12. The normalized spacial score (nSPS) is 10.0. The number of carbonyl (C=O) groups is 1. The maximum Gasteiger partial charge on any atom is 0.305 e. The number of hydrogen-bond acceptors (Lipinski definition) is 5. The van der Waals surface area contributed by atoms with Gasteiger partial charge in [0.2, 0.25) is 0 Å². The summed E-state index contributed by atoms with van der Waals surface area (Å²) in [5, 5.41) is 3.33. The summed E-state index contributed by atoms with van der Waals surface area (Å²) >= 11 is 0. The van der Waals surface area contributed by atoms with Gasteiger partial charge >= 0.3 is 5.97 Å². The van der Waals surface area contributed by atoms with Gasteiger partial charge in [0.05, 0.1) is 26.5 Å². The smallest absolute Gasteiger partial charge is 0.305 e. The monoisotopic (exact) mass is 295 g/mol. The van der Waals surface area contributed by atoms with E-state index in [4.69, 9.17) is 14.2 Å². The van der Waals surface area contributed by atoms with Crippen molar-refractivity contribution in [1.82, 2.24) is 0 Å². The number of hydrogen-bond donors (Lipinski definition) is 1. The number of anilines is 1. The number of esters is 1. The van der Waals surface area contributed by atoms with E-state index in [9.17, 15) is 4.79 Å². The number of carbonyl (C=O) groups excluding carboxylic acids is 1. The Balaban J connectivity index is 2.25. The second kappa shape index (κ2) is 9.91. The van der Waals surface area contributed by atoms with Gasteiger partial charge in [0.25, 0.3) is 0 Å². The van der Waals surface area contributed by atoms with E-state index < -0.39 is 0 Å². The highest BCUT2D eigenvalue weighted by molar-refractivity contribution is 5.69. The summed E-state index contributed by atoms with van der Waals surface area (Å²) in [6, 6.07) is 5.69. The molecule has 0 heterocycles. The van der Waals surface area contributed by atoms with Crippen LogP contribution in [0.5, 0.6) is 11.5 Å². The van der Waals surface area contributed by atoms with Crippen molar-refractivity contribution in [3.63, 3.8) is 0 Å². The Hall–Kier alpha value is -1.91. The Kier molecular flexibility index (Phi) is 8.09. The van der Waals surface area contributed by atoms with Crippen LogP contribution in [0.15, 0.2) is 18.2 Å². The minimum atomic E-state index is -0.109. The molecule has 0 unspecified atom stereocenters. The molecule has 1 rings (SSSR count). The molecule has 0 aliphatic rings. The number of methoxy groups -OCH3 is 2. The lowest BCUT2D eigenvalue weighted by molar-refractivity contribution is -0.143. The fourth-order valence-corrected chi connectivity index (χ4v) is 1.97. The molecule has 1 aromatic rings. The van der Waals surface area contributed by atoms with Crippen LogP contribution >= 0.6 is 0 Å². The van der Waals surface area contributed by atoms with Crippen LogP contribution in [-0.2, 0) is 9.53 Å². The standard InChI is InChI=1S/C16H25NO4/c1-4-21-16(18)8-6-5-7-11-17-14-10-9-13(19-2)12-15(14)20-3/h9-10,12,17H,4-8,11H2,1-3H3. The van der Waals surface area contributed by atoms with Crippen LogP contribution in [0.3, 0.4) is 0 Å². The molecule has 0 saturated carbocycles. The second-order valence-electron chi connectivity index (χ2n) is 4.61. The second-order valence-corrected chi connectivity index (χ2v) is 4.61. The number of unbranched alkanes of at least 4 members (excludes halogenated alkanes) is 2. The van der Waals surface area contributed by atoms with Gasteiger partial charge in [-0.2, -0.15) is 0 Å². The predicted octanol–water partition coefficient (Wildman–Crippen LogP) is 3.24. The number of rotatable bonds is 10. The first-order valence-electron chi connectivity index (χ1n) is 7.32. The molecule has 5 heteroatoms. The third-order valence-corrected chi connectivity index (χ3v) is 3.09. The molecule has 0 fully saturated rings. The summed E-state index contributed by atoms with van der Waals surface area (Å²) in [5.41, 5.74) is 0.948. The molecule has 0 spiro atoms. The lowest BCUT2D eigenvalue weighted by atomic mass is 10.2. The summed E-state index contributed by atoms with van der Waals surface area (Å²) in [7, 11) is 3.27. The highest BCUT2D eigenvalue weighted by Gasteiger charge is 2.04. The van der Waals surface area contributed by atoms with Gasteiger partial charge in [0, 0.05) is 19.0 Å². The Morgan fingerprint density at radius 1 is 1.14 bits per heavy atom. The van der Waals surface area contributed by atoms with Crippen molar-refractivity contribution >= 4 is 11.7 Å². The molecule has 1 N–H and O–H groups in total. The van der Waals surface area contributed by atoms with Gasteiger partial charge in [-0.1, -0.05) is 6.42 Å². The molecule has 1 aromatic carbocycles. The SMILES string of the molecule is CCOC(=O)CCCCCNc1ccc(OC)cc1OC. The molecule has 5 nitrogen and oxygen atoms in total. The molecule has 0 saturated heterocycles. The summed E-state index contributed by atoms with van der Waals surface area (Å²) in [6.07, 6.45) is 3.35. The molecule has 0 aliphatic heterocycles. The third kappa shape index (κ3) is 6.38. The van der Waals surface area contributed by atoms with E-state index in [2.05, 4.69) is 5.32 Å². The van der Waals surface area contributed by atoms with E-state index in [-0.39, 0.29) is 5.97 Å². The molecular weight excluding hydrogens is 270 g/mol. The molecule has 0 aromatic heterocycles. The molecule has 0 atom stereocenters. The van der Waals surface area contributed by atoms with E-state index in [1.807, 2.05) is 25.1 Å². The predicted molar refractivity (Wildman–Crippen MR) is 83.1 cm³/mol. The van der Waals surface area contributed by atoms with Crippen molar-refractivity contribution in [2.75, 3.05) is 32.7 Å². The maximum atomic E-state index is 11.2. The Bertz CT molecular complexity index is 434. The van der Waals surface area contributed by atoms with Crippen molar-refractivity contribution in [3.8, 4) is 11.5 Å². The van der Waals surface area contributed by atoms with Gasteiger partial charge in [-0.3, -0.25) is 4.79 Å². The molecule has 118 valence electrons. The molecular formula is C16H25NO4. The van der Waals surface area contributed by atoms with Crippen molar-refractivity contribution in [2.24, 2.45) is 0 Å². The van der Waals surface area contributed by atoms with Gasteiger partial charge in [-0.15, -0.1) is 0 Å². The zero-order chi connectivity index (χ0) is 15.5. The zero-order valence-corrected chi connectivity index (χ0v) is 13.1. The topological polar surface area (TPSA) is 56.8 Å². The molecule has 21 heavy (non-hydrogen) atoms. The van der Waals surface area contributed by atoms with Crippen molar-refractivity contribution < 1.29 is 19.0 Å². The van der Waals surface area contributed by atoms with Crippen molar-refractivity contribution in [2.45, 2.75) is 32.6 Å². The minimum Gasteiger partial charge on any atom is -0.497 e. The lowest BCUT2D eigenvalue weighted by Crippen LogP contribution is -2.05. The number of nitrogens with one attached hydrogen (secondary N) is 1. The first kappa shape index (κ1) is 17.1. The van der Waals surface area contributed by atoms with Crippen LogP contribution in [0.1, 0.15) is 32.6 Å². The highest BCUT2D eigenvalue weighted by atomic mass is 16.5. The average Bonchev–Trinajstić information content (AvgIpc) is 2.51. The highest BCUT2D eigenvalue weighted by Crippen LogP contribution is 2.28. The molecule has 0 bridgehead atoms. The van der Waals surface area contributed by atoms with Gasteiger partial charge in [-0.25, -0.2) is 0 Å². The molecule has 0 aliphatic carbocycles. The van der Waals surface area contributed by atoms with E-state index in [1.54, 1.807) is 14.2 Å². The third-order valence-electron chi connectivity index (χ3n) is 3.09. The largest absolute Gasteiger partial charge is 0.497 e.